The van der Waals surface area contributed by atoms with E-state index in [0.29, 0.717) is 0 Å². The number of hydrogen-bond donors (Lipinski definition) is 0. The van der Waals surface area contributed by atoms with E-state index in [1.807, 2.05) is 30.5 Å². The lowest BCUT2D eigenvalue weighted by atomic mass is 10.1. The second kappa shape index (κ2) is 6.39. The molecule has 0 saturated heterocycles. The Kier molecular flexibility index (Phi) is 4.84. The molecule has 0 aliphatic heterocycles. The zero-order valence-corrected chi connectivity index (χ0v) is 12.7. The summed E-state index contributed by atoms with van der Waals surface area (Å²) in [5.74, 6) is 0. The quantitative estimate of drug-likeness (QED) is 0.743. The van der Waals surface area contributed by atoms with E-state index in [-0.39, 0.29) is 0 Å². The zero-order valence-electron chi connectivity index (χ0n) is 10.4. The molecule has 2 rings (SSSR count). The van der Waals surface area contributed by atoms with Crippen molar-refractivity contribution in [3.63, 3.8) is 0 Å². The van der Waals surface area contributed by atoms with Gasteiger partial charge in [0.05, 0.1) is 12.7 Å². The van der Waals surface area contributed by atoms with E-state index >= 15 is 0 Å². The van der Waals surface area contributed by atoms with Crippen LogP contribution in [0.15, 0.2) is 30.5 Å². The van der Waals surface area contributed by atoms with E-state index in [4.69, 9.17) is 11.6 Å². The lowest BCUT2D eigenvalue weighted by Crippen LogP contribution is -2.07. The monoisotopic (exact) mass is 326 g/mol. The van der Waals surface area contributed by atoms with Gasteiger partial charge in [0.1, 0.15) is 0 Å². The Morgan fingerprint density at radius 1 is 1.28 bits per heavy atom. The molecule has 0 unspecified atom stereocenters. The summed E-state index contributed by atoms with van der Waals surface area (Å²) in [7, 11) is 0. The van der Waals surface area contributed by atoms with Crippen LogP contribution in [0.25, 0.3) is 0 Å². The second-order valence-corrected chi connectivity index (χ2v) is 5.28. The number of hydrogen-bond acceptors (Lipinski definition) is 1. The zero-order chi connectivity index (χ0) is 13.0. The molecule has 2 nitrogen and oxygen atoms in total. The van der Waals surface area contributed by atoms with Gasteiger partial charge in [0.25, 0.3) is 0 Å². The number of halogens is 2. The minimum absolute atomic E-state index is 0.772. The third-order valence-electron chi connectivity index (χ3n) is 2.91. The SMILES string of the molecule is CCCc1c(CBr)cnn1Cc1ccc(Cl)cc1. The fourth-order valence-electron chi connectivity index (χ4n) is 1.99. The van der Waals surface area contributed by atoms with Crippen LogP contribution in [0.1, 0.15) is 30.2 Å². The molecule has 1 heterocycles. The predicted octanol–water partition coefficient (Wildman–Crippen LogP) is 4.43. The first-order valence-electron chi connectivity index (χ1n) is 6.08. The molecule has 0 saturated carbocycles. The lowest BCUT2D eigenvalue weighted by molar-refractivity contribution is 0.636. The van der Waals surface area contributed by atoms with Crippen LogP contribution in [0.2, 0.25) is 5.02 Å². The van der Waals surface area contributed by atoms with Gasteiger partial charge < -0.3 is 0 Å². The molecular formula is C14H16BrClN2. The molecule has 0 spiro atoms. The first-order valence-corrected chi connectivity index (χ1v) is 7.58. The number of nitrogens with zero attached hydrogens (tertiary/aromatic N) is 2. The minimum Gasteiger partial charge on any atom is -0.265 e. The van der Waals surface area contributed by atoms with Crippen LogP contribution >= 0.6 is 27.5 Å². The molecule has 2 aromatic rings. The van der Waals surface area contributed by atoms with Gasteiger partial charge in [-0.2, -0.15) is 5.10 Å². The summed E-state index contributed by atoms with van der Waals surface area (Å²) >= 11 is 9.41. The Balaban J connectivity index is 2.22. The summed E-state index contributed by atoms with van der Waals surface area (Å²) in [6.07, 6.45) is 4.15. The van der Waals surface area contributed by atoms with Crippen molar-refractivity contribution in [1.29, 1.82) is 0 Å². The van der Waals surface area contributed by atoms with E-state index < -0.39 is 0 Å². The standard InChI is InChI=1S/C14H16BrClN2/c1-2-3-14-12(8-15)9-17-18(14)10-11-4-6-13(16)7-5-11/h4-7,9H,2-3,8,10H2,1H3. The van der Waals surface area contributed by atoms with Gasteiger partial charge in [0.2, 0.25) is 0 Å². The van der Waals surface area contributed by atoms with E-state index in [2.05, 4.69) is 32.6 Å². The fourth-order valence-corrected chi connectivity index (χ4v) is 2.58. The fraction of sp³-hybridized carbons (Fsp3) is 0.357. The molecule has 0 bridgehead atoms. The van der Waals surface area contributed by atoms with Crippen molar-refractivity contribution < 1.29 is 0 Å². The maximum atomic E-state index is 5.89. The predicted molar refractivity (Wildman–Crippen MR) is 79.4 cm³/mol. The van der Waals surface area contributed by atoms with Crippen molar-refractivity contribution in [1.82, 2.24) is 9.78 Å². The molecule has 1 aromatic heterocycles. The summed E-state index contributed by atoms with van der Waals surface area (Å²) in [5, 5.41) is 6.11. The first-order chi connectivity index (χ1) is 8.74. The first kappa shape index (κ1) is 13.6. The van der Waals surface area contributed by atoms with Crippen LogP contribution in [0.5, 0.6) is 0 Å². The van der Waals surface area contributed by atoms with E-state index in [0.717, 1.165) is 29.7 Å². The van der Waals surface area contributed by atoms with Crippen LogP contribution in [0.4, 0.5) is 0 Å². The maximum absolute atomic E-state index is 5.89. The molecule has 0 amide bonds. The van der Waals surface area contributed by atoms with Gasteiger partial charge in [-0.25, -0.2) is 0 Å². The van der Waals surface area contributed by atoms with Crippen molar-refractivity contribution in [3.8, 4) is 0 Å². The lowest BCUT2D eigenvalue weighted by Gasteiger charge is -2.08. The largest absolute Gasteiger partial charge is 0.265 e. The normalized spacial score (nSPS) is 10.8. The Hall–Kier alpha value is -0.800. The highest BCUT2D eigenvalue weighted by molar-refractivity contribution is 9.08. The Labute approximate surface area is 121 Å². The summed E-state index contributed by atoms with van der Waals surface area (Å²) < 4.78 is 2.09. The molecule has 4 heteroatoms. The van der Waals surface area contributed by atoms with E-state index in [1.54, 1.807) is 0 Å². The highest BCUT2D eigenvalue weighted by atomic mass is 79.9. The Bertz CT molecular complexity index is 505. The van der Waals surface area contributed by atoms with Gasteiger partial charge in [0.15, 0.2) is 0 Å². The molecule has 0 fully saturated rings. The van der Waals surface area contributed by atoms with Gasteiger partial charge in [-0.05, 0) is 24.1 Å². The van der Waals surface area contributed by atoms with Crippen molar-refractivity contribution in [3.05, 3.63) is 52.3 Å². The molecule has 1 aromatic carbocycles. The Morgan fingerprint density at radius 3 is 2.61 bits per heavy atom. The molecule has 0 aliphatic rings. The topological polar surface area (TPSA) is 17.8 Å². The molecule has 0 aliphatic carbocycles. The van der Waals surface area contributed by atoms with Crippen molar-refractivity contribution in [2.24, 2.45) is 0 Å². The maximum Gasteiger partial charge on any atom is 0.0662 e. The van der Waals surface area contributed by atoms with E-state index in [1.165, 1.54) is 16.8 Å². The molecule has 96 valence electrons. The number of alkyl halides is 1. The van der Waals surface area contributed by atoms with Crippen LogP contribution in [-0.4, -0.2) is 9.78 Å². The van der Waals surface area contributed by atoms with Crippen LogP contribution < -0.4 is 0 Å². The Morgan fingerprint density at radius 2 is 2.00 bits per heavy atom. The minimum atomic E-state index is 0.772. The van der Waals surface area contributed by atoms with Crippen LogP contribution in [-0.2, 0) is 18.3 Å². The average molecular weight is 328 g/mol. The molecule has 18 heavy (non-hydrogen) atoms. The van der Waals surface area contributed by atoms with Gasteiger partial charge in [0, 0.05) is 21.6 Å². The molecule has 0 radical (unpaired) electrons. The van der Waals surface area contributed by atoms with Gasteiger partial charge >= 0.3 is 0 Å². The third-order valence-corrected chi connectivity index (χ3v) is 3.77. The van der Waals surface area contributed by atoms with E-state index in [9.17, 15) is 0 Å². The van der Waals surface area contributed by atoms with Crippen LogP contribution in [0, 0.1) is 0 Å². The van der Waals surface area contributed by atoms with Crippen LogP contribution in [0.3, 0.4) is 0 Å². The molecular weight excluding hydrogens is 312 g/mol. The number of benzene rings is 1. The third kappa shape index (κ3) is 3.15. The smallest absolute Gasteiger partial charge is 0.0662 e. The average Bonchev–Trinajstić information content (AvgIpc) is 2.75. The van der Waals surface area contributed by atoms with Gasteiger partial charge in [-0.1, -0.05) is 53.0 Å². The highest BCUT2D eigenvalue weighted by Crippen LogP contribution is 2.17. The summed E-state index contributed by atoms with van der Waals surface area (Å²) in [6.45, 7) is 3.00. The van der Waals surface area contributed by atoms with Crippen molar-refractivity contribution in [2.75, 3.05) is 0 Å². The molecule has 0 N–H and O–H groups in total. The summed E-state index contributed by atoms with van der Waals surface area (Å²) in [4.78, 5) is 0. The van der Waals surface area contributed by atoms with Gasteiger partial charge in [-0.15, -0.1) is 0 Å². The summed E-state index contributed by atoms with van der Waals surface area (Å²) in [6, 6.07) is 7.94. The second-order valence-electron chi connectivity index (χ2n) is 4.28. The number of rotatable bonds is 5. The van der Waals surface area contributed by atoms with Gasteiger partial charge in [-0.3, -0.25) is 4.68 Å². The van der Waals surface area contributed by atoms with Crippen molar-refractivity contribution >= 4 is 27.5 Å². The highest BCUT2D eigenvalue weighted by Gasteiger charge is 2.09. The number of aromatic nitrogens is 2. The molecule has 0 atom stereocenters. The van der Waals surface area contributed by atoms with Crippen molar-refractivity contribution in [2.45, 2.75) is 31.6 Å². The summed E-state index contributed by atoms with van der Waals surface area (Å²) in [5.41, 5.74) is 3.83.